The minimum atomic E-state index is -1.36. The molecule has 0 saturated carbocycles. The number of methoxy groups -OCH3 is 1. The Bertz CT molecular complexity index is 228. The van der Waals surface area contributed by atoms with Crippen molar-refractivity contribution in [1.82, 2.24) is 0 Å². The van der Waals surface area contributed by atoms with E-state index in [-0.39, 0.29) is 0 Å². The highest BCUT2D eigenvalue weighted by Crippen LogP contribution is 2.35. The smallest absolute Gasteiger partial charge is 0.338 e. The Hall–Kier alpha value is -0.610. The molecule has 1 rings (SSSR count). The van der Waals surface area contributed by atoms with Crippen molar-refractivity contribution in [2.45, 2.75) is 44.3 Å². The minimum absolute atomic E-state index is 0.309. The molecule has 0 aromatic carbocycles. The number of hydrogen-bond acceptors (Lipinski definition) is 4. The molecule has 2 atom stereocenters. The standard InChI is InChI=1S/C10H18O4/c1-4-9(2)7-10(12,5-6-14-9)8(11)13-3/h12H,4-7H2,1-3H3. The average Bonchev–Trinajstić information content (AvgIpc) is 2.16. The van der Waals surface area contributed by atoms with E-state index in [1.807, 2.05) is 13.8 Å². The van der Waals surface area contributed by atoms with Crippen LogP contribution in [-0.2, 0) is 14.3 Å². The highest BCUT2D eigenvalue weighted by Gasteiger charge is 2.46. The molecule has 1 saturated heterocycles. The van der Waals surface area contributed by atoms with Gasteiger partial charge in [-0.3, -0.25) is 0 Å². The second kappa shape index (κ2) is 3.87. The van der Waals surface area contributed by atoms with Crippen molar-refractivity contribution in [3.63, 3.8) is 0 Å². The molecular formula is C10H18O4. The van der Waals surface area contributed by atoms with Crippen LogP contribution in [0.3, 0.4) is 0 Å². The number of aliphatic hydroxyl groups is 1. The first-order valence-corrected chi connectivity index (χ1v) is 4.90. The summed E-state index contributed by atoms with van der Waals surface area (Å²) in [6.45, 7) is 4.28. The molecule has 0 amide bonds. The Morgan fingerprint density at radius 1 is 1.64 bits per heavy atom. The summed E-state index contributed by atoms with van der Waals surface area (Å²) in [4.78, 5) is 11.4. The second-order valence-corrected chi connectivity index (χ2v) is 4.10. The van der Waals surface area contributed by atoms with Crippen molar-refractivity contribution in [2.75, 3.05) is 13.7 Å². The Balaban J connectivity index is 2.76. The summed E-state index contributed by atoms with van der Waals surface area (Å²) in [5.41, 5.74) is -1.78. The van der Waals surface area contributed by atoms with Gasteiger partial charge in [0.05, 0.1) is 19.3 Å². The molecule has 0 aromatic rings. The van der Waals surface area contributed by atoms with Crippen LogP contribution >= 0.6 is 0 Å². The molecule has 1 aliphatic heterocycles. The van der Waals surface area contributed by atoms with Crippen LogP contribution in [-0.4, -0.2) is 36.0 Å². The average molecular weight is 202 g/mol. The van der Waals surface area contributed by atoms with Crippen LogP contribution in [0.25, 0.3) is 0 Å². The summed E-state index contributed by atoms with van der Waals surface area (Å²) < 4.78 is 10.1. The predicted molar refractivity (Wildman–Crippen MR) is 50.8 cm³/mol. The summed E-state index contributed by atoms with van der Waals surface area (Å²) in [6.07, 6.45) is 1.39. The molecule has 14 heavy (non-hydrogen) atoms. The van der Waals surface area contributed by atoms with Crippen molar-refractivity contribution < 1.29 is 19.4 Å². The van der Waals surface area contributed by atoms with Crippen molar-refractivity contribution in [3.05, 3.63) is 0 Å². The zero-order chi connectivity index (χ0) is 10.8. The van der Waals surface area contributed by atoms with E-state index in [1.54, 1.807) is 0 Å². The van der Waals surface area contributed by atoms with Gasteiger partial charge in [0.1, 0.15) is 0 Å². The Morgan fingerprint density at radius 2 is 2.29 bits per heavy atom. The summed E-state index contributed by atoms with van der Waals surface area (Å²) in [5, 5.41) is 10.1. The van der Waals surface area contributed by atoms with E-state index in [0.29, 0.717) is 19.4 Å². The van der Waals surface area contributed by atoms with E-state index in [1.165, 1.54) is 7.11 Å². The molecule has 4 nitrogen and oxygen atoms in total. The van der Waals surface area contributed by atoms with E-state index in [9.17, 15) is 9.90 Å². The highest BCUT2D eigenvalue weighted by molar-refractivity contribution is 5.79. The lowest BCUT2D eigenvalue weighted by Crippen LogP contribution is -2.52. The van der Waals surface area contributed by atoms with E-state index >= 15 is 0 Å². The van der Waals surface area contributed by atoms with Crippen LogP contribution in [0.2, 0.25) is 0 Å². The second-order valence-electron chi connectivity index (χ2n) is 4.10. The molecule has 0 bridgehead atoms. The Labute approximate surface area is 84.2 Å². The van der Waals surface area contributed by atoms with Crippen molar-refractivity contribution in [2.24, 2.45) is 0 Å². The molecule has 1 heterocycles. The Kier molecular flexibility index (Phi) is 3.17. The number of carbonyl (C=O) groups excluding carboxylic acids is 1. The molecule has 1 N–H and O–H groups in total. The molecule has 2 unspecified atom stereocenters. The van der Waals surface area contributed by atoms with E-state index in [4.69, 9.17) is 4.74 Å². The lowest BCUT2D eigenvalue weighted by molar-refractivity contribution is -0.191. The van der Waals surface area contributed by atoms with Crippen molar-refractivity contribution in [3.8, 4) is 0 Å². The van der Waals surface area contributed by atoms with Gasteiger partial charge in [-0.15, -0.1) is 0 Å². The zero-order valence-corrected chi connectivity index (χ0v) is 9.00. The summed E-state index contributed by atoms with van der Waals surface area (Å²) in [7, 11) is 1.29. The van der Waals surface area contributed by atoms with Gasteiger partial charge in [-0.1, -0.05) is 6.92 Å². The van der Waals surface area contributed by atoms with E-state index in [2.05, 4.69) is 4.74 Å². The summed E-state index contributed by atoms with van der Waals surface area (Å²) in [5.74, 6) is -0.555. The van der Waals surface area contributed by atoms with Crippen molar-refractivity contribution >= 4 is 5.97 Å². The van der Waals surface area contributed by atoms with Crippen LogP contribution in [0.5, 0.6) is 0 Å². The highest BCUT2D eigenvalue weighted by atomic mass is 16.5. The normalized spacial score (nSPS) is 38.0. The van der Waals surface area contributed by atoms with Crippen LogP contribution in [0.4, 0.5) is 0 Å². The molecule has 4 heteroatoms. The summed E-state index contributed by atoms with van der Waals surface area (Å²) >= 11 is 0. The number of carbonyl (C=O) groups is 1. The van der Waals surface area contributed by atoms with Crippen LogP contribution in [0, 0.1) is 0 Å². The largest absolute Gasteiger partial charge is 0.467 e. The van der Waals surface area contributed by atoms with Crippen LogP contribution < -0.4 is 0 Å². The maximum absolute atomic E-state index is 11.4. The number of rotatable bonds is 2. The van der Waals surface area contributed by atoms with Gasteiger partial charge in [-0.25, -0.2) is 4.79 Å². The first kappa shape index (κ1) is 11.5. The van der Waals surface area contributed by atoms with Crippen LogP contribution in [0.15, 0.2) is 0 Å². The molecule has 1 fully saturated rings. The fourth-order valence-electron chi connectivity index (χ4n) is 1.82. The number of hydrogen-bond donors (Lipinski definition) is 1. The van der Waals surface area contributed by atoms with E-state index < -0.39 is 17.2 Å². The molecule has 0 aromatic heterocycles. The quantitative estimate of drug-likeness (QED) is 0.675. The molecule has 0 spiro atoms. The van der Waals surface area contributed by atoms with Gasteiger partial charge in [0.25, 0.3) is 0 Å². The van der Waals surface area contributed by atoms with Gasteiger partial charge in [-0.05, 0) is 13.3 Å². The van der Waals surface area contributed by atoms with E-state index in [0.717, 1.165) is 6.42 Å². The van der Waals surface area contributed by atoms with Gasteiger partial charge in [0.15, 0.2) is 5.60 Å². The fourth-order valence-corrected chi connectivity index (χ4v) is 1.82. The third-order valence-corrected chi connectivity index (χ3v) is 2.95. The maximum Gasteiger partial charge on any atom is 0.338 e. The third-order valence-electron chi connectivity index (χ3n) is 2.95. The lowest BCUT2D eigenvalue weighted by atomic mass is 9.82. The molecule has 0 aliphatic carbocycles. The molecule has 0 radical (unpaired) electrons. The lowest BCUT2D eigenvalue weighted by Gasteiger charge is -2.41. The first-order valence-electron chi connectivity index (χ1n) is 4.90. The zero-order valence-electron chi connectivity index (χ0n) is 9.00. The number of ether oxygens (including phenoxy) is 2. The van der Waals surface area contributed by atoms with Crippen molar-refractivity contribution in [1.29, 1.82) is 0 Å². The maximum atomic E-state index is 11.4. The SMILES string of the molecule is CCC1(C)CC(O)(C(=O)OC)CCO1. The van der Waals surface area contributed by atoms with Gasteiger partial charge in [0.2, 0.25) is 0 Å². The molecule has 1 aliphatic rings. The fraction of sp³-hybridized carbons (Fsp3) is 0.900. The van der Waals surface area contributed by atoms with Gasteiger partial charge < -0.3 is 14.6 Å². The van der Waals surface area contributed by atoms with Gasteiger partial charge in [0, 0.05) is 12.8 Å². The van der Waals surface area contributed by atoms with Gasteiger partial charge in [-0.2, -0.15) is 0 Å². The monoisotopic (exact) mass is 202 g/mol. The summed E-state index contributed by atoms with van der Waals surface area (Å²) in [6, 6.07) is 0. The topological polar surface area (TPSA) is 55.8 Å². The third kappa shape index (κ3) is 2.07. The first-order chi connectivity index (χ1) is 6.46. The predicted octanol–water partition coefficient (Wildman–Crippen LogP) is 0.870. The number of esters is 1. The van der Waals surface area contributed by atoms with Gasteiger partial charge >= 0.3 is 5.97 Å². The molecular weight excluding hydrogens is 184 g/mol. The van der Waals surface area contributed by atoms with Crippen LogP contribution in [0.1, 0.15) is 33.1 Å². The minimum Gasteiger partial charge on any atom is -0.467 e. The molecule has 82 valence electrons. The Morgan fingerprint density at radius 3 is 2.79 bits per heavy atom.